The molecule has 1 N–H and O–H groups in total. The van der Waals surface area contributed by atoms with Crippen LogP contribution in [0.4, 0.5) is 0 Å². The maximum absolute atomic E-state index is 5.52. The Morgan fingerprint density at radius 3 is 2.93 bits per heavy atom. The normalized spacial score (nSPS) is 28.7. The van der Waals surface area contributed by atoms with E-state index in [-0.39, 0.29) is 0 Å². The summed E-state index contributed by atoms with van der Waals surface area (Å²) in [6, 6.07) is 0. The fourth-order valence-corrected chi connectivity index (χ4v) is 2.03. The summed E-state index contributed by atoms with van der Waals surface area (Å²) in [4.78, 5) is 2.49. The lowest BCUT2D eigenvalue weighted by Gasteiger charge is -2.32. The molecule has 1 atom stereocenters. The van der Waals surface area contributed by atoms with E-state index in [4.69, 9.17) is 4.74 Å². The molecule has 3 nitrogen and oxygen atoms in total. The summed E-state index contributed by atoms with van der Waals surface area (Å²) in [5, 5.41) is 3.29. The molecule has 1 unspecified atom stereocenters. The maximum atomic E-state index is 5.52. The van der Waals surface area contributed by atoms with Crippen molar-refractivity contribution < 1.29 is 4.74 Å². The Hall–Kier alpha value is -0.380. The molecule has 0 spiro atoms. The van der Waals surface area contributed by atoms with Gasteiger partial charge in [0.15, 0.2) is 0 Å². The number of hydrogen-bond donors (Lipinski definition) is 1. The first kappa shape index (κ1) is 10.1. The van der Waals surface area contributed by atoms with Crippen LogP contribution in [0.2, 0.25) is 0 Å². The van der Waals surface area contributed by atoms with Gasteiger partial charge >= 0.3 is 0 Å². The van der Waals surface area contributed by atoms with E-state index in [0.717, 1.165) is 39.3 Å². The van der Waals surface area contributed by atoms with Gasteiger partial charge in [-0.15, -0.1) is 0 Å². The minimum atomic E-state index is 0.404. The lowest BCUT2D eigenvalue weighted by atomic mass is 10.0. The van der Waals surface area contributed by atoms with E-state index in [0.29, 0.717) is 6.10 Å². The van der Waals surface area contributed by atoms with E-state index < -0.39 is 0 Å². The van der Waals surface area contributed by atoms with Crippen molar-refractivity contribution in [1.82, 2.24) is 10.2 Å². The molecular formula is C11H20N2O. The smallest absolute Gasteiger partial charge is 0.0674 e. The fourth-order valence-electron chi connectivity index (χ4n) is 2.03. The highest BCUT2D eigenvalue weighted by Crippen LogP contribution is 2.12. The van der Waals surface area contributed by atoms with Crippen LogP contribution in [-0.4, -0.2) is 50.3 Å². The molecule has 14 heavy (non-hydrogen) atoms. The minimum absolute atomic E-state index is 0.404. The van der Waals surface area contributed by atoms with Crippen LogP contribution in [0.15, 0.2) is 11.1 Å². The minimum Gasteiger partial charge on any atom is -0.376 e. The highest BCUT2D eigenvalue weighted by molar-refractivity contribution is 5.22. The number of nitrogens with zero attached hydrogens (tertiary/aromatic N) is 1. The molecule has 0 aromatic heterocycles. The Labute approximate surface area is 86.1 Å². The van der Waals surface area contributed by atoms with Crippen molar-refractivity contribution in [2.45, 2.75) is 20.0 Å². The van der Waals surface area contributed by atoms with Gasteiger partial charge in [-0.3, -0.25) is 4.90 Å². The second-order valence-corrected chi connectivity index (χ2v) is 4.40. The van der Waals surface area contributed by atoms with Crippen LogP contribution in [-0.2, 0) is 4.74 Å². The van der Waals surface area contributed by atoms with Gasteiger partial charge in [-0.1, -0.05) is 5.57 Å². The van der Waals surface area contributed by atoms with Crippen LogP contribution >= 0.6 is 0 Å². The van der Waals surface area contributed by atoms with Crippen molar-refractivity contribution in [3.8, 4) is 0 Å². The van der Waals surface area contributed by atoms with Crippen molar-refractivity contribution in [2.75, 3.05) is 39.3 Å². The molecule has 2 rings (SSSR count). The third-order valence-corrected chi connectivity index (χ3v) is 3.07. The summed E-state index contributed by atoms with van der Waals surface area (Å²) in [5.74, 6) is 0. The molecule has 2 aliphatic heterocycles. The van der Waals surface area contributed by atoms with Crippen LogP contribution in [0.25, 0.3) is 0 Å². The zero-order valence-electron chi connectivity index (χ0n) is 9.18. The molecule has 3 heteroatoms. The molecule has 0 amide bonds. The van der Waals surface area contributed by atoms with E-state index in [1.54, 1.807) is 11.1 Å². The zero-order chi connectivity index (χ0) is 9.97. The molecule has 0 saturated carbocycles. The largest absolute Gasteiger partial charge is 0.376 e. The first-order chi connectivity index (χ1) is 6.75. The van der Waals surface area contributed by atoms with E-state index in [9.17, 15) is 0 Å². The highest BCUT2D eigenvalue weighted by Gasteiger charge is 2.18. The summed E-state index contributed by atoms with van der Waals surface area (Å²) in [6.07, 6.45) is 0.404. The Morgan fingerprint density at radius 2 is 2.36 bits per heavy atom. The molecule has 2 saturated heterocycles. The van der Waals surface area contributed by atoms with Crippen LogP contribution in [0.5, 0.6) is 0 Å². The third-order valence-electron chi connectivity index (χ3n) is 3.07. The second kappa shape index (κ2) is 4.43. The Bertz CT molecular complexity index is 231. The molecule has 0 aromatic carbocycles. The lowest BCUT2D eigenvalue weighted by Crippen LogP contribution is -2.43. The summed E-state index contributed by atoms with van der Waals surface area (Å²) in [6.45, 7) is 10.8. The number of morpholine rings is 1. The number of hydrogen-bond acceptors (Lipinski definition) is 3. The van der Waals surface area contributed by atoms with Crippen LogP contribution in [0.3, 0.4) is 0 Å². The molecule has 2 heterocycles. The van der Waals surface area contributed by atoms with Gasteiger partial charge in [-0.25, -0.2) is 0 Å². The Morgan fingerprint density at radius 1 is 1.57 bits per heavy atom. The van der Waals surface area contributed by atoms with E-state index >= 15 is 0 Å². The Kier molecular flexibility index (Phi) is 3.21. The highest BCUT2D eigenvalue weighted by atomic mass is 16.5. The predicted octanol–water partition coefficient (Wildman–Crippen LogP) is 0.627. The molecule has 80 valence electrons. The molecule has 2 fully saturated rings. The summed E-state index contributed by atoms with van der Waals surface area (Å²) >= 11 is 0. The molecule has 0 aliphatic carbocycles. The van der Waals surface area contributed by atoms with Gasteiger partial charge < -0.3 is 10.1 Å². The molecular weight excluding hydrogens is 176 g/mol. The van der Waals surface area contributed by atoms with Crippen molar-refractivity contribution in [3.63, 3.8) is 0 Å². The van der Waals surface area contributed by atoms with Gasteiger partial charge in [0.05, 0.1) is 12.7 Å². The topological polar surface area (TPSA) is 24.5 Å². The molecule has 0 radical (unpaired) electrons. The lowest BCUT2D eigenvalue weighted by molar-refractivity contribution is -0.0149. The van der Waals surface area contributed by atoms with Crippen molar-refractivity contribution in [1.29, 1.82) is 0 Å². The standard InChI is InChI=1S/C11H20N2O/c1-9(11-5-12-6-11)7-13-3-4-14-10(2)8-13/h10,12H,3-8H2,1-2H3. The number of nitrogens with one attached hydrogen (secondary N) is 1. The molecule has 0 bridgehead atoms. The first-order valence-electron chi connectivity index (χ1n) is 5.48. The summed E-state index contributed by atoms with van der Waals surface area (Å²) < 4.78 is 5.52. The van der Waals surface area contributed by atoms with Crippen molar-refractivity contribution in [3.05, 3.63) is 11.1 Å². The van der Waals surface area contributed by atoms with Crippen LogP contribution in [0.1, 0.15) is 13.8 Å². The summed E-state index contributed by atoms with van der Waals surface area (Å²) in [7, 11) is 0. The van der Waals surface area contributed by atoms with Gasteiger partial charge in [0.25, 0.3) is 0 Å². The number of ether oxygens (including phenoxy) is 1. The summed E-state index contributed by atoms with van der Waals surface area (Å²) in [5.41, 5.74) is 3.15. The maximum Gasteiger partial charge on any atom is 0.0674 e. The SMILES string of the molecule is CC(CN1CCOC(C)C1)=C1CNC1. The monoisotopic (exact) mass is 196 g/mol. The quantitative estimate of drug-likeness (QED) is 0.656. The first-order valence-corrected chi connectivity index (χ1v) is 5.48. The van der Waals surface area contributed by atoms with Gasteiger partial charge in [-0.2, -0.15) is 0 Å². The van der Waals surface area contributed by atoms with E-state index in [1.165, 1.54) is 0 Å². The van der Waals surface area contributed by atoms with Crippen molar-refractivity contribution >= 4 is 0 Å². The zero-order valence-corrected chi connectivity index (χ0v) is 9.18. The average molecular weight is 196 g/mol. The van der Waals surface area contributed by atoms with Crippen LogP contribution in [0, 0.1) is 0 Å². The van der Waals surface area contributed by atoms with Gasteiger partial charge in [0, 0.05) is 32.7 Å². The molecule has 2 aliphatic rings. The fraction of sp³-hybridized carbons (Fsp3) is 0.818. The van der Waals surface area contributed by atoms with Crippen LogP contribution < -0.4 is 5.32 Å². The van der Waals surface area contributed by atoms with E-state index in [1.807, 2.05) is 0 Å². The number of rotatable bonds is 2. The van der Waals surface area contributed by atoms with Gasteiger partial charge in [0.1, 0.15) is 0 Å². The Balaban J connectivity index is 1.84. The van der Waals surface area contributed by atoms with Gasteiger partial charge in [0.2, 0.25) is 0 Å². The van der Waals surface area contributed by atoms with Crippen molar-refractivity contribution in [2.24, 2.45) is 0 Å². The molecule has 0 aromatic rings. The van der Waals surface area contributed by atoms with Gasteiger partial charge in [-0.05, 0) is 19.4 Å². The van der Waals surface area contributed by atoms with E-state index in [2.05, 4.69) is 24.1 Å². The predicted molar refractivity (Wildman–Crippen MR) is 57.4 cm³/mol. The second-order valence-electron chi connectivity index (χ2n) is 4.40. The average Bonchev–Trinajstić information content (AvgIpc) is 1.99. The third kappa shape index (κ3) is 2.35.